The molecule has 4 heteroatoms. The summed E-state index contributed by atoms with van der Waals surface area (Å²) in [6.45, 7) is 0. The van der Waals surface area contributed by atoms with E-state index < -0.39 is 0 Å². The van der Waals surface area contributed by atoms with Gasteiger partial charge in [0.05, 0.1) is 6.20 Å². The van der Waals surface area contributed by atoms with Gasteiger partial charge in [0, 0.05) is 6.04 Å². The van der Waals surface area contributed by atoms with E-state index in [1.807, 2.05) is 6.07 Å². The Hall–Kier alpha value is -1.29. The molecule has 2 rings (SSSR count). The zero-order valence-corrected chi connectivity index (χ0v) is 9.89. The summed E-state index contributed by atoms with van der Waals surface area (Å²) in [7, 11) is 4.21. The Bertz CT molecular complexity index is 337. The smallest absolute Gasteiger partial charge is 0.138 e. The van der Waals surface area contributed by atoms with Gasteiger partial charge < -0.3 is 15.4 Å². The number of aromatic nitrogens is 1. The van der Waals surface area contributed by atoms with Crippen LogP contribution in [0, 0.1) is 0 Å². The maximum Gasteiger partial charge on any atom is 0.138 e. The third-order valence-electron chi connectivity index (χ3n) is 3.13. The molecule has 2 N–H and O–H groups in total. The number of rotatable bonds is 3. The Balaban J connectivity index is 2.01. The van der Waals surface area contributed by atoms with Crippen LogP contribution in [0.5, 0.6) is 5.75 Å². The van der Waals surface area contributed by atoms with Gasteiger partial charge in [-0.2, -0.15) is 0 Å². The predicted molar refractivity (Wildman–Crippen MR) is 64.4 cm³/mol. The van der Waals surface area contributed by atoms with Gasteiger partial charge in [0.15, 0.2) is 0 Å². The number of anilines is 1. The van der Waals surface area contributed by atoms with Gasteiger partial charge in [-0.1, -0.05) is 0 Å². The van der Waals surface area contributed by atoms with E-state index >= 15 is 0 Å². The molecule has 1 aliphatic carbocycles. The summed E-state index contributed by atoms with van der Waals surface area (Å²) in [6, 6.07) is 4.17. The van der Waals surface area contributed by atoms with E-state index in [2.05, 4.69) is 24.0 Å². The molecule has 0 aromatic carbocycles. The van der Waals surface area contributed by atoms with Crippen molar-refractivity contribution in [2.24, 2.45) is 0 Å². The molecule has 0 unspecified atom stereocenters. The van der Waals surface area contributed by atoms with Crippen molar-refractivity contribution in [2.75, 3.05) is 19.8 Å². The number of nitrogens with two attached hydrogens (primary N) is 1. The molecule has 0 aliphatic heterocycles. The van der Waals surface area contributed by atoms with Gasteiger partial charge in [0.25, 0.3) is 0 Å². The quantitative estimate of drug-likeness (QED) is 0.841. The summed E-state index contributed by atoms with van der Waals surface area (Å²) in [5.74, 6) is 1.34. The molecule has 1 fully saturated rings. The molecule has 1 aliphatic rings. The van der Waals surface area contributed by atoms with E-state index in [9.17, 15) is 0 Å². The topological polar surface area (TPSA) is 51.4 Å². The first-order valence-electron chi connectivity index (χ1n) is 5.71. The van der Waals surface area contributed by atoms with Crippen molar-refractivity contribution in [3.05, 3.63) is 18.3 Å². The van der Waals surface area contributed by atoms with Crippen LogP contribution in [0.2, 0.25) is 0 Å². The summed E-state index contributed by atoms with van der Waals surface area (Å²) >= 11 is 0. The number of hydrogen-bond acceptors (Lipinski definition) is 4. The second-order valence-corrected chi connectivity index (χ2v) is 4.54. The minimum atomic E-state index is 0.278. The SMILES string of the molecule is CN(C)[C@@H]1CCC[C@H]1Oc1ccc(N)nc1. The van der Waals surface area contributed by atoms with Crippen LogP contribution in [0.1, 0.15) is 19.3 Å². The number of pyridine rings is 1. The van der Waals surface area contributed by atoms with E-state index in [1.165, 1.54) is 12.8 Å². The molecule has 0 amide bonds. The first-order valence-corrected chi connectivity index (χ1v) is 5.71. The van der Waals surface area contributed by atoms with Gasteiger partial charge in [-0.25, -0.2) is 4.98 Å². The third-order valence-corrected chi connectivity index (χ3v) is 3.13. The monoisotopic (exact) mass is 221 g/mol. The molecule has 4 nitrogen and oxygen atoms in total. The Labute approximate surface area is 96.4 Å². The molecule has 1 aromatic rings. The molecule has 1 heterocycles. The van der Waals surface area contributed by atoms with Crippen LogP contribution >= 0.6 is 0 Å². The highest BCUT2D eigenvalue weighted by Gasteiger charge is 2.30. The molecule has 16 heavy (non-hydrogen) atoms. The fraction of sp³-hybridized carbons (Fsp3) is 0.583. The molecule has 2 atom stereocenters. The minimum Gasteiger partial charge on any atom is -0.487 e. The molecule has 0 bridgehead atoms. The minimum absolute atomic E-state index is 0.278. The summed E-state index contributed by atoms with van der Waals surface area (Å²) in [5, 5.41) is 0. The van der Waals surface area contributed by atoms with Crippen molar-refractivity contribution in [1.29, 1.82) is 0 Å². The van der Waals surface area contributed by atoms with Crippen LogP contribution in [-0.4, -0.2) is 36.1 Å². The molecule has 88 valence electrons. The maximum absolute atomic E-state index is 5.94. The fourth-order valence-corrected chi connectivity index (χ4v) is 2.27. The van der Waals surface area contributed by atoms with Gasteiger partial charge in [0.1, 0.15) is 17.7 Å². The fourth-order valence-electron chi connectivity index (χ4n) is 2.27. The lowest BCUT2D eigenvalue weighted by molar-refractivity contribution is 0.121. The largest absolute Gasteiger partial charge is 0.487 e. The molecule has 1 aromatic heterocycles. The third kappa shape index (κ3) is 2.44. The summed E-state index contributed by atoms with van der Waals surface area (Å²) in [5.41, 5.74) is 5.54. The van der Waals surface area contributed by atoms with Gasteiger partial charge in [-0.3, -0.25) is 0 Å². The molecule has 0 spiro atoms. The van der Waals surface area contributed by atoms with Crippen LogP contribution < -0.4 is 10.5 Å². The average Bonchev–Trinajstić information content (AvgIpc) is 2.69. The van der Waals surface area contributed by atoms with E-state index in [-0.39, 0.29) is 6.10 Å². The Morgan fingerprint density at radius 2 is 2.19 bits per heavy atom. The van der Waals surface area contributed by atoms with Crippen LogP contribution in [0.25, 0.3) is 0 Å². The molecular formula is C12H19N3O. The average molecular weight is 221 g/mol. The summed E-state index contributed by atoms with van der Waals surface area (Å²) in [6.07, 6.45) is 5.53. The van der Waals surface area contributed by atoms with Crippen LogP contribution in [-0.2, 0) is 0 Å². The van der Waals surface area contributed by atoms with Crippen LogP contribution in [0.4, 0.5) is 5.82 Å². The van der Waals surface area contributed by atoms with E-state index in [4.69, 9.17) is 10.5 Å². The van der Waals surface area contributed by atoms with Gasteiger partial charge >= 0.3 is 0 Å². The number of nitrogen functional groups attached to an aromatic ring is 1. The molecule has 0 saturated heterocycles. The lowest BCUT2D eigenvalue weighted by Crippen LogP contribution is -2.38. The van der Waals surface area contributed by atoms with Crippen molar-refractivity contribution >= 4 is 5.82 Å². The lowest BCUT2D eigenvalue weighted by Gasteiger charge is -2.26. The molecule has 0 radical (unpaired) electrons. The Morgan fingerprint density at radius 1 is 1.38 bits per heavy atom. The predicted octanol–water partition coefficient (Wildman–Crippen LogP) is 1.53. The highest BCUT2D eigenvalue weighted by atomic mass is 16.5. The first kappa shape index (κ1) is 11.2. The number of likely N-dealkylation sites (N-methyl/N-ethyl adjacent to an activating group) is 1. The number of hydrogen-bond donors (Lipinski definition) is 1. The van der Waals surface area contributed by atoms with E-state index in [1.54, 1.807) is 12.3 Å². The van der Waals surface area contributed by atoms with E-state index in [0.29, 0.717) is 11.9 Å². The lowest BCUT2D eigenvalue weighted by atomic mass is 10.2. The highest BCUT2D eigenvalue weighted by molar-refractivity contribution is 5.32. The zero-order valence-electron chi connectivity index (χ0n) is 9.89. The second kappa shape index (κ2) is 4.70. The normalized spacial score (nSPS) is 24.9. The Kier molecular flexibility index (Phi) is 3.29. The van der Waals surface area contributed by atoms with Gasteiger partial charge in [-0.05, 0) is 45.5 Å². The van der Waals surface area contributed by atoms with Gasteiger partial charge in [0.2, 0.25) is 0 Å². The Morgan fingerprint density at radius 3 is 2.81 bits per heavy atom. The first-order chi connectivity index (χ1) is 7.66. The number of nitrogens with zero attached hydrogens (tertiary/aromatic N) is 2. The van der Waals surface area contributed by atoms with Crippen molar-refractivity contribution in [3.63, 3.8) is 0 Å². The van der Waals surface area contributed by atoms with Crippen LogP contribution in [0.3, 0.4) is 0 Å². The standard InChI is InChI=1S/C12H19N3O/c1-15(2)10-4-3-5-11(10)16-9-6-7-12(13)14-8-9/h6-8,10-11H,3-5H2,1-2H3,(H2,13,14)/t10-,11-/m1/s1. The molecule has 1 saturated carbocycles. The number of ether oxygens (including phenoxy) is 1. The van der Waals surface area contributed by atoms with Crippen molar-refractivity contribution in [2.45, 2.75) is 31.4 Å². The maximum atomic E-state index is 5.94. The zero-order chi connectivity index (χ0) is 11.5. The van der Waals surface area contributed by atoms with Crippen molar-refractivity contribution < 1.29 is 4.74 Å². The summed E-state index contributed by atoms with van der Waals surface area (Å²) in [4.78, 5) is 6.27. The summed E-state index contributed by atoms with van der Waals surface area (Å²) < 4.78 is 5.94. The van der Waals surface area contributed by atoms with Gasteiger partial charge in [-0.15, -0.1) is 0 Å². The van der Waals surface area contributed by atoms with Crippen LogP contribution in [0.15, 0.2) is 18.3 Å². The highest BCUT2D eigenvalue weighted by Crippen LogP contribution is 2.27. The van der Waals surface area contributed by atoms with Crippen molar-refractivity contribution in [3.8, 4) is 5.75 Å². The van der Waals surface area contributed by atoms with Crippen molar-refractivity contribution in [1.82, 2.24) is 9.88 Å². The second-order valence-electron chi connectivity index (χ2n) is 4.54. The molecular weight excluding hydrogens is 202 g/mol. The van der Waals surface area contributed by atoms with E-state index in [0.717, 1.165) is 12.2 Å².